The van der Waals surface area contributed by atoms with E-state index in [4.69, 9.17) is 4.74 Å². The maximum absolute atomic E-state index is 14.5. The van der Waals surface area contributed by atoms with E-state index in [-0.39, 0.29) is 30.2 Å². The number of imide groups is 1. The Bertz CT molecular complexity index is 1590. The lowest BCUT2D eigenvalue weighted by Crippen LogP contribution is -2.39. The molecule has 0 bridgehead atoms. The van der Waals surface area contributed by atoms with Gasteiger partial charge in [0.2, 0.25) is 0 Å². The molecular formula is C27H24FN5O6. The standard InChI is InChI=1S/C27H24FN5O6/c1-13-20(29-14(2)23(13)25(35)36)12-18-17-6-4-15(10-21(17)31-24(18)34)30-26(37)33-9-8-32(27(33)38)22-7-5-16(39-3)11-19(22)28/h4-7,10-12,29H,8-9H2,1-3H3,(H,30,37)(H,31,34)(H,35,36). The summed E-state index contributed by atoms with van der Waals surface area (Å²) in [6.45, 7) is 3.48. The number of H-pyrrole nitrogens is 1. The number of ether oxygens (including phenoxy) is 1. The highest BCUT2D eigenvalue weighted by Gasteiger charge is 2.35. The average Bonchev–Trinajstić information content (AvgIpc) is 3.51. The van der Waals surface area contributed by atoms with Crippen LogP contribution >= 0.6 is 0 Å². The molecule has 39 heavy (non-hydrogen) atoms. The summed E-state index contributed by atoms with van der Waals surface area (Å²) < 4.78 is 19.5. The number of carboxylic acid groups (broad SMARTS) is 1. The molecule has 2 aromatic carbocycles. The number of aromatic amines is 1. The lowest BCUT2D eigenvalue weighted by molar-refractivity contribution is -0.110. The Labute approximate surface area is 221 Å². The third-order valence-electron chi connectivity index (χ3n) is 6.73. The summed E-state index contributed by atoms with van der Waals surface area (Å²) in [6.07, 6.45) is 1.59. The zero-order chi connectivity index (χ0) is 28.0. The normalized spacial score (nSPS) is 15.5. The first-order valence-corrected chi connectivity index (χ1v) is 11.9. The van der Waals surface area contributed by atoms with Gasteiger partial charge in [0, 0.05) is 35.2 Å². The van der Waals surface area contributed by atoms with Gasteiger partial charge < -0.3 is 25.5 Å². The van der Waals surface area contributed by atoms with E-state index < -0.39 is 23.8 Å². The van der Waals surface area contributed by atoms with Crippen molar-refractivity contribution in [3.05, 3.63) is 70.3 Å². The number of carbonyl (C=O) groups is 4. The molecule has 2 aliphatic heterocycles. The highest BCUT2D eigenvalue weighted by atomic mass is 19.1. The molecule has 0 saturated carbocycles. The Kier molecular flexibility index (Phi) is 6.30. The van der Waals surface area contributed by atoms with E-state index in [0.717, 1.165) is 11.0 Å². The summed E-state index contributed by atoms with van der Waals surface area (Å²) >= 11 is 0. The summed E-state index contributed by atoms with van der Waals surface area (Å²) in [5, 5.41) is 14.8. The van der Waals surface area contributed by atoms with Gasteiger partial charge in [-0.25, -0.2) is 23.7 Å². The van der Waals surface area contributed by atoms with E-state index in [1.54, 1.807) is 38.1 Å². The quantitative estimate of drug-likeness (QED) is 0.357. The molecule has 4 N–H and O–H groups in total. The van der Waals surface area contributed by atoms with Gasteiger partial charge in [-0.1, -0.05) is 6.07 Å². The number of aromatic carboxylic acids is 1. The fraction of sp³-hybridized carbons (Fsp3) is 0.185. The summed E-state index contributed by atoms with van der Waals surface area (Å²) in [7, 11) is 1.41. The second-order valence-electron chi connectivity index (χ2n) is 9.07. The Hall–Kier alpha value is -5.13. The van der Waals surface area contributed by atoms with Crippen LogP contribution in [0.4, 0.5) is 31.0 Å². The fourth-order valence-electron chi connectivity index (χ4n) is 4.77. The SMILES string of the molecule is COc1ccc(N2CCN(C(=O)Nc3ccc4c(c3)NC(=O)C4=Cc3[nH]c(C)c(C(=O)O)c3C)C2=O)c(F)c1. The second-order valence-corrected chi connectivity index (χ2v) is 9.07. The van der Waals surface area contributed by atoms with E-state index in [0.29, 0.717) is 45.2 Å². The first kappa shape index (κ1) is 25.5. The molecule has 0 radical (unpaired) electrons. The van der Waals surface area contributed by atoms with Gasteiger partial charge in [0.1, 0.15) is 5.75 Å². The minimum atomic E-state index is -1.06. The van der Waals surface area contributed by atoms with Crippen LogP contribution in [0.15, 0.2) is 36.4 Å². The monoisotopic (exact) mass is 533 g/mol. The maximum atomic E-state index is 14.5. The molecule has 5 rings (SSSR count). The predicted octanol–water partition coefficient (Wildman–Crippen LogP) is 4.44. The lowest BCUT2D eigenvalue weighted by atomic mass is 10.0. The Balaban J connectivity index is 1.33. The second kappa shape index (κ2) is 9.63. The zero-order valence-corrected chi connectivity index (χ0v) is 21.2. The Morgan fingerprint density at radius 1 is 1.13 bits per heavy atom. The minimum Gasteiger partial charge on any atom is -0.497 e. The van der Waals surface area contributed by atoms with Crippen molar-refractivity contribution in [2.24, 2.45) is 0 Å². The van der Waals surface area contributed by atoms with Crippen LogP contribution in [0.2, 0.25) is 0 Å². The molecule has 3 heterocycles. The van der Waals surface area contributed by atoms with Crippen molar-refractivity contribution >= 4 is 52.6 Å². The zero-order valence-electron chi connectivity index (χ0n) is 21.2. The number of nitrogens with zero attached hydrogens (tertiary/aromatic N) is 2. The third kappa shape index (κ3) is 4.45. The number of hydrogen-bond donors (Lipinski definition) is 4. The molecular weight excluding hydrogens is 509 g/mol. The summed E-state index contributed by atoms with van der Waals surface area (Å²) in [5.41, 5.74) is 3.37. The number of fused-ring (bicyclic) bond motifs is 1. The number of benzene rings is 2. The van der Waals surface area contributed by atoms with Gasteiger partial charge in [-0.05, 0) is 49.8 Å². The lowest BCUT2D eigenvalue weighted by Gasteiger charge is -2.19. The van der Waals surface area contributed by atoms with Crippen molar-refractivity contribution in [1.82, 2.24) is 9.88 Å². The highest BCUT2D eigenvalue weighted by molar-refractivity contribution is 6.35. The van der Waals surface area contributed by atoms with Crippen molar-refractivity contribution in [3.8, 4) is 5.75 Å². The van der Waals surface area contributed by atoms with Gasteiger partial charge in [-0.2, -0.15) is 0 Å². The molecule has 0 spiro atoms. The van der Waals surface area contributed by atoms with Gasteiger partial charge >= 0.3 is 18.0 Å². The van der Waals surface area contributed by atoms with Crippen LogP contribution in [0.1, 0.15) is 32.9 Å². The summed E-state index contributed by atoms with van der Waals surface area (Å²) in [4.78, 5) is 55.1. The number of aryl methyl sites for hydroxylation is 1. The van der Waals surface area contributed by atoms with Crippen molar-refractivity contribution in [2.45, 2.75) is 13.8 Å². The van der Waals surface area contributed by atoms with Crippen LogP contribution in [-0.2, 0) is 4.79 Å². The number of carbonyl (C=O) groups excluding carboxylic acids is 3. The van der Waals surface area contributed by atoms with Crippen LogP contribution in [0.3, 0.4) is 0 Å². The largest absolute Gasteiger partial charge is 0.497 e. The number of amides is 5. The molecule has 11 nitrogen and oxygen atoms in total. The van der Waals surface area contributed by atoms with Crippen LogP contribution < -0.4 is 20.3 Å². The van der Waals surface area contributed by atoms with Gasteiger partial charge in [-0.3, -0.25) is 9.69 Å². The number of rotatable bonds is 5. The number of urea groups is 2. The molecule has 2 aliphatic rings. The first-order valence-electron chi connectivity index (χ1n) is 11.9. The van der Waals surface area contributed by atoms with Crippen LogP contribution in [0.5, 0.6) is 5.75 Å². The molecule has 1 aromatic heterocycles. The molecule has 12 heteroatoms. The van der Waals surface area contributed by atoms with E-state index in [2.05, 4.69) is 15.6 Å². The van der Waals surface area contributed by atoms with Crippen LogP contribution in [0, 0.1) is 19.7 Å². The van der Waals surface area contributed by atoms with E-state index in [1.807, 2.05) is 0 Å². The van der Waals surface area contributed by atoms with Gasteiger partial charge in [-0.15, -0.1) is 0 Å². The van der Waals surface area contributed by atoms with Crippen LogP contribution in [-0.4, -0.2) is 59.1 Å². The fourth-order valence-corrected chi connectivity index (χ4v) is 4.77. The summed E-state index contributed by atoms with van der Waals surface area (Å²) in [6, 6.07) is 7.52. The molecule has 0 unspecified atom stereocenters. The number of carboxylic acids is 1. The van der Waals surface area contributed by atoms with Crippen LogP contribution in [0.25, 0.3) is 11.6 Å². The number of hydrogen-bond acceptors (Lipinski definition) is 5. The third-order valence-corrected chi connectivity index (χ3v) is 6.73. The van der Waals surface area contributed by atoms with Crippen molar-refractivity contribution in [1.29, 1.82) is 0 Å². The van der Waals surface area contributed by atoms with Gasteiger partial charge in [0.15, 0.2) is 5.82 Å². The maximum Gasteiger partial charge on any atom is 0.337 e. The number of methoxy groups -OCH3 is 1. The topological polar surface area (TPSA) is 144 Å². The molecule has 1 saturated heterocycles. The van der Waals surface area contributed by atoms with E-state index in [1.165, 1.54) is 24.1 Å². The van der Waals surface area contributed by atoms with Gasteiger partial charge in [0.25, 0.3) is 5.91 Å². The Morgan fingerprint density at radius 2 is 1.90 bits per heavy atom. The number of anilines is 3. The molecule has 1 fully saturated rings. The van der Waals surface area contributed by atoms with E-state index >= 15 is 0 Å². The Morgan fingerprint density at radius 3 is 2.56 bits per heavy atom. The smallest absolute Gasteiger partial charge is 0.337 e. The number of halogens is 1. The average molecular weight is 534 g/mol. The predicted molar refractivity (Wildman–Crippen MR) is 142 cm³/mol. The van der Waals surface area contributed by atoms with Crippen molar-refractivity contribution < 1.29 is 33.4 Å². The summed E-state index contributed by atoms with van der Waals surface area (Å²) in [5.74, 6) is -1.78. The minimum absolute atomic E-state index is 0.0404. The van der Waals surface area contributed by atoms with E-state index in [9.17, 15) is 28.7 Å². The molecule has 3 aromatic rings. The highest BCUT2D eigenvalue weighted by Crippen LogP contribution is 2.36. The molecule has 0 atom stereocenters. The molecule has 5 amide bonds. The number of nitrogens with one attached hydrogen (secondary N) is 3. The first-order chi connectivity index (χ1) is 18.6. The number of aromatic nitrogens is 1. The molecule has 0 aliphatic carbocycles. The van der Waals surface area contributed by atoms with Gasteiger partial charge in [0.05, 0.1) is 36.2 Å². The van der Waals surface area contributed by atoms with Crippen molar-refractivity contribution in [2.75, 3.05) is 35.7 Å². The molecule has 200 valence electrons. The van der Waals surface area contributed by atoms with Crippen molar-refractivity contribution in [3.63, 3.8) is 0 Å².